The Kier molecular flexibility index (Phi) is 7.68. The van der Waals surface area contributed by atoms with E-state index in [9.17, 15) is 13.2 Å². The molecule has 0 spiro atoms. The molecule has 0 bridgehead atoms. The number of sulfonamides is 1. The zero-order valence-corrected chi connectivity index (χ0v) is 17.4. The number of piperidine rings is 2. The van der Waals surface area contributed by atoms with Gasteiger partial charge >= 0.3 is 0 Å². The van der Waals surface area contributed by atoms with Crippen LogP contribution in [-0.2, 0) is 14.8 Å². The lowest BCUT2D eigenvalue weighted by atomic mass is 9.81. The second-order valence-corrected chi connectivity index (χ2v) is 9.61. The van der Waals surface area contributed by atoms with Gasteiger partial charge in [0.15, 0.2) is 0 Å². The van der Waals surface area contributed by atoms with E-state index in [0.717, 1.165) is 38.8 Å². The molecular formula is C19H30ClN3O3S. The quantitative estimate of drug-likeness (QED) is 0.772. The molecule has 1 unspecified atom stereocenters. The number of benzene rings is 1. The highest BCUT2D eigenvalue weighted by molar-refractivity contribution is 7.89. The van der Waals surface area contributed by atoms with Gasteiger partial charge in [0.05, 0.1) is 4.90 Å². The molecule has 0 aliphatic carbocycles. The molecule has 27 heavy (non-hydrogen) atoms. The van der Waals surface area contributed by atoms with Gasteiger partial charge in [-0.25, -0.2) is 8.42 Å². The van der Waals surface area contributed by atoms with Crippen LogP contribution >= 0.6 is 12.4 Å². The predicted molar refractivity (Wildman–Crippen MR) is 108 cm³/mol. The second kappa shape index (κ2) is 9.37. The molecule has 1 atom stereocenters. The van der Waals surface area contributed by atoms with Gasteiger partial charge in [0.1, 0.15) is 6.04 Å². The van der Waals surface area contributed by atoms with Gasteiger partial charge in [-0.2, -0.15) is 4.31 Å². The zero-order valence-electron chi connectivity index (χ0n) is 15.8. The summed E-state index contributed by atoms with van der Waals surface area (Å²) >= 11 is 0. The number of carbonyl (C=O) groups excluding carboxylic acids is 1. The van der Waals surface area contributed by atoms with Crippen LogP contribution in [0.15, 0.2) is 35.2 Å². The Morgan fingerprint density at radius 1 is 1.22 bits per heavy atom. The average Bonchev–Trinajstić information content (AvgIpc) is 2.67. The van der Waals surface area contributed by atoms with Crippen molar-refractivity contribution >= 4 is 28.3 Å². The van der Waals surface area contributed by atoms with E-state index in [4.69, 9.17) is 0 Å². The Morgan fingerprint density at radius 3 is 2.56 bits per heavy atom. The third-order valence-electron chi connectivity index (χ3n) is 5.61. The van der Waals surface area contributed by atoms with E-state index in [-0.39, 0.29) is 28.6 Å². The first-order valence-electron chi connectivity index (χ1n) is 9.48. The summed E-state index contributed by atoms with van der Waals surface area (Å²) in [6.45, 7) is 5.11. The zero-order chi connectivity index (χ0) is 18.6. The third kappa shape index (κ3) is 5.22. The molecule has 0 saturated carbocycles. The molecule has 8 heteroatoms. The van der Waals surface area contributed by atoms with Gasteiger partial charge in [0.2, 0.25) is 15.9 Å². The highest BCUT2D eigenvalue weighted by Gasteiger charge is 2.38. The smallest absolute Gasteiger partial charge is 0.243 e. The number of hydrogen-bond acceptors (Lipinski definition) is 4. The van der Waals surface area contributed by atoms with Gasteiger partial charge in [0, 0.05) is 13.1 Å². The van der Waals surface area contributed by atoms with Gasteiger partial charge in [-0.3, -0.25) is 4.79 Å². The van der Waals surface area contributed by atoms with Crippen molar-refractivity contribution in [2.45, 2.75) is 50.0 Å². The number of nitrogens with zero attached hydrogens (tertiary/aromatic N) is 1. The summed E-state index contributed by atoms with van der Waals surface area (Å²) in [6.07, 6.45) is 4.28. The Hall–Kier alpha value is -1.15. The first-order valence-corrected chi connectivity index (χ1v) is 10.9. The molecule has 152 valence electrons. The van der Waals surface area contributed by atoms with Crippen LogP contribution in [0.2, 0.25) is 0 Å². The average molecular weight is 416 g/mol. The van der Waals surface area contributed by atoms with E-state index >= 15 is 0 Å². The first kappa shape index (κ1) is 22.1. The number of nitrogens with one attached hydrogen (secondary N) is 2. The number of carbonyl (C=O) groups is 1. The summed E-state index contributed by atoms with van der Waals surface area (Å²) in [5.74, 6) is -0.163. The van der Waals surface area contributed by atoms with Crippen molar-refractivity contribution < 1.29 is 13.2 Å². The lowest BCUT2D eigenvalue weighted by molar-refractivity contribution is -0.126. The standard InChI is InChI=1S/C19H29N3O3S.ClH/c1-19(10-12-20-13-11-19)15-21-18(23)17-9-5-6-14-22(17)26(24,25)16-7-3-2-4-8-16;/h2-4,7-8,17,20H,5-6,9-15H2,1H3,(H,21,23);1H. The van der Waals surface area contributed by atoms with Crippen LogP contribution in [0.25, 0.3) is 0 Å². The third-order valence-corrected chi connectivity index (χ3v) is 7.53. The van der Waals surface area contributed by atoms with Crippen molar-refractivity contribution in [2.24, 2.45) is 5.41 Å². The highest BCUT2D eigenvalue weighted by Crippen LogP contribution is 2.28. The Labute approximate surface area is 168 Å². The van der Waals surface area contributed by atoms with Crippen LogP contribution in [0.4, 0.5) is 0 Å². The van der Waals surface area contributed by atoms with Crippen molar-refractivity contribution in [3.63, 3.8) is 0 Å². The summed E-state index contributed by atoms with van der Waals surface area (Å²) in [5.41, 5.74) is 0.0821. The van der Waals surface area contributed by atoms with E-state index in [0.29, 0.717) is 19.5 Å². The van der Waals surface area contributed by atoms with E-state index in [1.54, 1.807) is 30.3 Å². The number of halogens is 1. The molecule has 2 N–H and O–H groups in total. The molecule has 2 fully saturated rings. The van der Waals surface area contributed by atoms with Crippen molar-refractivity contribution in [1.29, 1.82) is 0 Å². The molecular weight excluding hydrogens is 386 g/mol. The van der Waals surface area contributed by atoms with Crippen LogP contribution in [0.1, 0.15) is 39.0 Å². The van der Waals surface area contributed by atoms with E-state index in [1.807, 2.05) is 0 Å². The molecule has 1 aromatic carbocycles. The maximum Gasteiger partial charge on any atom is 0.243 e. The van der Waals surface area contributed by atoms with E-state index in [2.05, 4.69) is 17.6 Å². The summed E-state index contributed by atoms with van der Waals surface area (Å²) in [5, 5.41) is 6.38. The monoisotopic (exact) mass is 415 g/mol. The maximum atomic E-state index is 13.0. The number of amides is 1. The van der Waals surface area contributed by atoms with Crippen LogP contribution in [0.5, 0.6) is 0 Å². The summed E-state index contributed by atoms with van der Waals surface area (Å²) in [4.78, 5) is 13.1. The van der Waals surface area contributed by atoms with Crippen LogP contribution in [-0.4, -0.2) is 50.9 Å². The Balaban J connectivity index is 0.00000261. The molecule has 3 rings (SSSR count). The summed E-state index contributed by atoms with van der Waals surface area (Å²) in [6, 6.07) is 7.79. The summed E-state index contributed by atoms with van der Waals surface area (Å²) in [7, 11) is -3.65. The van der Waals surface area contributed by atoms with Gasteiger partial charge in [0.25, 0.3) is 0 Å². The Morgan fingerprint density at radius 2 is 1.89 bits per heavy atom. The number of rotatable bonds is 5. The molecule has 1 amide bonds. The molecule has 2 aliphatic rings. The van der Waals surface area contributed by atoms with Crippen molar-refractivity contribution in [3.05, 3.63) is 30.3 Å². The van der Waals surface area contributed by atoms with Gasteiger partial charge < -0.3 is 10.6 Å². The molecule has 0 radical (unpaired) electrons. The normalized spacial score (nSPS) is 23.2. The molecule has 0 aromatic heterocycles. The van der Waals surface area contributed by atoms with Crippen LogP contribution in [0.3, 0.4) is 0 Å². The van der Waals surface area contributed by atoms with Crippen molar-refractivity contribution in [1.82, 2.24) is 14.9 Å². The fraction of sp³-hybridized carbons (Fsp3) is 0.632. The fourth-order valence-corrected chi connectivity index (χ4v) is 5.49. The van der Waals surface area contributed by atoms with Crippen LogP contribution < -0.4 is 10.6 Å². The minimum atomic E-state index is -3.65. The minimum Gasteiger partial charge on any atom is -0.354 e. The van der Waals surface area contributed by atoms with Crippen molar-refractivity contribution in [3.8, 4) is 0 Å². The lowest BCUT2D eigenvalue weighted by Crippen LogP contribution is -2.53. The van der Waals surface area contributed by atoms with Crippen LogP contribution in [0, 0.1) is 5.41 Å². The molecule has 2 aliphatic heterocycles. The lowest BCUT2D eigenvalue weighted by Gasteiger charge is -2.37. The molecule has 1 aromatic rings. The minimum absolute atomic E-state index is 0. The summed E-state index contributed by atoms with van der Waals surface area (Å²) < 4.78 is 27.4. The molecule has 2 heterocycles. The van der Waals surface area contributed by atoms with Gasteiger partial charge in [-0.1, -0.05) is 31.5 Å². The molecule has 2 saturated heterocycles. The van der Waals surface area contributed by atoms with E-state index in [1.165, 1.54) is 4.31 Å². The SMILES string of the molecule is CC1(CNC(=O)C2CCCCN2S(=O)(=O)c2ccccc2)CCNCC1.Cl. The Bertz CT molecular complexity index is 721. The first-order chi connectivity index (χ1) is 12.4. The van der Waals surface area contributed by atoms with Gasteiger partial charge in [-0.15, -0.1) is 12.4 Å². The topological polar surface area (TPSA) is 78.5 Å². The van der Waals surface area contributed by atoms with E-state index < -0.39 is 16.1 Å². The largest absolute Gasteiger partial charge is 0.354 e. The van der Waals surface area contributed by atoms with Gasteiger partial charge in [-0.05, 0) is 56.3 Å². The maximum absolute atomic E-state index is 13.0. The number of hydrogen-bond donors (Lipinski definition) is 2. The predicted octanol–water partition coefficient (Wildman–Crippen LogP) is 2.16. The molecule has 6 nitrogen and oxygen atoms in total. The fourth-order valence-electron chi connectivity index (χ4n) is 3.81. The van der Waals surface area contributed by atoms with Crippen molar-refractivity contribution in [2.75, 3.05) is 26.2 Å². The second-order valence-electron chi connectivity index (χ2n) is 7.72. The highest BCUT2D eigenvalue weighted by atomic mass is 35.5.